The Morgan fingerprint density at radius 3 is 2.74 bits per heavy atom. The number of fused-ring (bicyclic) bond motifs is 1. The molecule has 0 fully saturated rings. The molecule has 1 aromatic carbocycles. The van der Waals surface area contributed by atoms with E-state index >= 15 is 0 Å². The van der Waals surface area contributed by atoms with E-state index < -0.39 is 18.8 Å². The van der Waals surface area contributed by atoms with Gasteiger partial charge in [0.25, 0.3) is 0 Å². The maximum atomic E-state index is 12.0. The number of ether oxygens (including phenoxy) is 1. The lowest BCUT2D eigenvalue weighted by Gasteiger charge is -2.07. The molecule has 2 aromatic rings. The van der Waals surface area contributed by atoms with Crippen molar-refractivity contribution in [3.63, 3.8) is 0 Å². The molecule has 0 N–H and O–H groups in total. The third-order valence-electron chi connectivity index (χ3n) is 2.55. The fourth-order valence-electron chi connectivity index (χ4n) is 1.69. The van der Waals surface area contributed by atoms with Gasteiger partial charge in [-0.1, -0.05) is 17.7 Å². The fraction of sp³-hybridized carbons (Fsp3) is 0.250. The Morgan fingerprint density at radius 1 is 1.42 bits per heavy atom. The highest BCUT2D eigenvalue weighted by Crippen LogP contribution is 2.35. The molecule has 0 aliphatic heterocycles. The van der Waals surface area contributed by atoms with Crippen molar-refractivity contribution in [2.75, 3.05) is 0 Å². The number of hydrogen-bond acceptors (Lipinski definition) is 3. The Balaban J connectivity index is 2.28. The van der Waals surface area contributed by atoms with E-state index in [4.69, 9.17) is 11.6 Å². The number of halogens is 4. The van der Waals surface area contributed by atoms with Crippen LogP contribution in [-0.4, -0.2) is 12.1 Å². The Morgan fingerprint density at radius 2 is 2.11 bits per heavy atom. The van der Waals surface area contributed by atoms with Crippen LogP contribution >= 0.6 is 22.9 Å². The molecule has 2 nitrogen and oxygen atoms in total. The van der Waals surface area contributed by atoms with Gasteiger partial charge in [-0.2, -0.15) is 13.2 Å². The molecule has 1 heterocycles. The summed E-state index contributed by atoms with van der Waals surface area (Å²) in [5.41, 5.74) is 1.40. The lowest BCUT2D eigenvalue weighted by atomic mass is 10.1. The van der Waals surface area contributed by atoms with Crippen LogP contribution in [0.25, 0.3) is 10.1 Å². The van der Waals surface area contributed by atoms with Crippen LogP contribution in [0.15, 0.2) is 17.5 Å². The lowest BCUT2D eigenvalue weighted by molar-refractivity contribution is -0.201. The SMILES string of the molecule is Cc1ccc(Cl)c2scc(COC(=O)C(F)(F)F)c12. The van der Waals surface area contributed by atoms with Crippen molar-refractivity contribution in [3.8, 4) is 0 Å². The number of aryl methyl sites for hydroxylation is 1. The summed E-state index contributed by atoms with van der Waals surface area (Å²) in [4.78, 5) is 10.7. The number of benzene rings is 1. The fourth-order valence-corrected chi connectivity index (χ4v) is 3.02. The van der Waals surface area contributed by atoms with Crippen molar-refractivity contribution in [1.82, 2.24) is 0 Å². The van der Waals surface area contributed by atoms with Gasteiger partial charge in [-0.3, -0.25) is 0 Å². The molecule has 19 heavy (non-hydrogen) atoms. The van der Waals surface area contributed by atoms with Crippen LogP contribution in [0.5, 0.6) is 0 Å². The van der Waals surface area contributed by atoms with Crippen LogP contribution in [0.1, 0.15) is 11.1 Å². The molecule has 0 aliphatic carbocycles. The average molecular weight is 309 g/mol. The van der Waals surface area contributed by atoms with Crippen LogP contribution in [0, 0.1) is 6.92 Å². The zero-order valence-electron chi connectivity index (χ0n) is 9.68. The minimum Gasteiger partial charge on any atom is -0.454 e. The van der Waals surface area contributed by atoms with Crippen LogP contribution in [0.3, 0.4) is 0 Å². The summed E-state index contributed by atoms with van der Waals surface area (Å²) in [6.45, 7) is 1.40. The van der Waals surface area contributed by atoms with E-state index in [1.807, 2.05) is 6.92 Å². The second kappa shape index (κ2) is 5.02. The molecule has 0 spiro atoms. The highest BCUT2D eigenvalue weighted by molar-refractivity contribution is 7.18. The molecule has 1 aromatic heterocycles. The standard InChI is InChI=1S/C12H8ClF3O2S/c1-6-2-3-8(13)10-9(6)7(5-19-10)4-18-11(17)12(14,15)16/h2-3,5H,4H2,1H3. The highest BCUT2D eigenvalue weighted by Gasteiger charge is 2.40. The first-order chi connectivity index (χ1) is 8.80. The Labute approximate surface area is 115 Å². The minimum atomic E-state index is -4.97. The van der Waals surface area contributed by atoms with Gasteiger partial charge < -0.3 is 4.74 Å². The normalized spacial score (nSPS) is 11.8. The smallest absolute Gasteiger partial charge is 0.454 e. The summed E-state index contributed by atoms with van der Waals surface area (Å²) in [6.07, 6.45) is -4.97. The average Bonchev–Trinajstić information content (AvgIpc) is 2.74. The molecule has 0 radical (unpaired) electrons. The number of thiophene rings is 1. The first-order valence-corrected chi connectivity index (χ1v) is 6.45. The first-order valence-electron chi connectivity index (χ1n) is 5.20. The molecule has 0 unspecified atom stereocenters. The predicted molar refractivity (Wildman–Crippen MR) is 67.4 cm³/mol. The third kappa shape index (κ3) is 2.84. The van der Waals surface area contributed by atoms with E-state index in [0.29, 0.717) is 10.6 Å². The van der Waals surface area contributed by atoms with E-state index in [1.54, 1.807) is 17.5 Å². The van der Waals surface area contributed by atoms with Gasteiger partial charge in [0, 0.05) is 10.9 Å². The maximum absolute atomic E-state index is 12.0. The molecule has 7 heteroatoms. The van der Waals surface area contributed by atoms with Crippen molar-refractivity contribution in [2.24, 2.45) is 0 Å². The predicted octanol–water partition coefficient (Wildman–Crippen LogP) is 4.47. The maximum Gasteiger partial charge on any atom is 0.490 e. The molecule has 2 rings (SSSR count). The molecular weight excluding hydrogens is 301 g/mol. The zero-order chi connectivity index (χ0) is 14.2. The zero-order valence-corrected chi connectivity index (χ0v) is 11.2. The van der Waals surface area contributed by atoms with E-state index in [0.717, 1.165) is 15.6 Å². The summed E-state index contributed by atoms with van der Waals surface area (Å²) in [7, 11) is 0. The Kier molecular flexibility index (Phi) is 3.73. The number of esters is 1. The number of alkyl halides is 3. The number of carbonyl (C=O) groups excluding carboxylic acids is 1. The largest absolute Gasteiger partial charge is 0.490 e. The van der Waals surface area contributed by atoms with Crippen molar-refractivity contribution in [3.05, 3.63) is 33.7 Å². The van der Waals surface area contributed by atoms with Crippen LogP contribution in [0.4, 0.5) is 13.2 Å². The summed E-state index contributed by atoms with van der Waals surface area (Å²) < 4.78 is 41.2. The van der Waals surface area contributed by atoms with E-state index in [2.05, 4.69) is 4.74 Å². The number of rotatable bonds is 2. The third-order valence-corrected chi connectivity index (χ3v) is 4.04. The van der Waals surface area contributed by atoms with Gasteiger partial charge in [0.2, 0.25) is 0 Å². The minimum absolute atomic E-state index is 0.417. The molecule has 0 amide bonds. The molecule has 0 saturated heterocycles. The van der Waals surface area contributed by atoms with Crippen LogP contribution in [0.2, 0.25) is 5.02 Å². The number of hydrogen-bond donors (Lipinski definition) is 0. The Hall–Kier alpha value is -1.27. The molecule has 0 saturated carbocycles. The summed E-state index contributed by atoms with van der Waals surface area (Å²) in [5.74, 6) is -2.19. The van der Waals surface area contributed by atoms with Gasteiger partial charge in [-0.15, -0.1) is 11.3 Å². The molecule has 0 atom stereocenters. The van der Waals surface area contributed by atoms with Crippen LogP contribution in [-0.2, 0) is 16.1 Å². The molecule has 0 bridgehead atoms. The molecular formula is C12H8ClF3O2S. The van der Waals surface area contributed by atoms with Gasteiger partial charge >= 0.3 is 12.1 Å². The van der Waals surface area contributed by atoms with E-state index in [9.17, 15) is 18.0 Å². The monoisotopic (exact) mass is 308 g/mol. The van der Waals surface area contributed by atoms with E-state index in [-0.39, 0.29) is 0 Å². The molecule has 102 valence electrons. The summed E-state index contributed by atoms with van der Waals surface area (Å²) >= 11 is 7.31. The Bertz CT molecular complexity index is 634. The second-order valence-electron chi connectivity index (χ2n) is 3.90. The van der Waals surface area contributed by atoms with Gasteiger partial charge in [-0.05, 0) is 23.9 Å². The lowest BCUT2D eigenvalue weighted by Crippen LogP contribution is -2.25. The first kappa shape index (κ1) is 14.1. The van der Waals surface area contributed by atoms with Crippen molar-refractivity contribution in [1.29, 1.82) is 0 Å². The second-order valence-corrected chi connectivity index (χ2v) is 5.19. The molecule has 0 aliphatic rings. The summed E-state index contributed by atoms with van der Waals surface area (Å²) in [6, 6.07) is 3.49. The summed E-state index contributed by atoms with van der Waals surface area (Å²) in [5, 5.41) is 2.92. The van der Waals surface area contributed by atoms with Gasteiger partial charge in [0.15, 0.2) is 0 Å². The van der Waals surface area contributed by atoms with Gasteiger partial charge in [0.05, 0.1) is 9.72 Å². The van der Waals surface area contributed by atoms with Gasteiger partial charge in [0.1, 0.15) is 6.61 Å². The topological polar surface area (TPSA) is 26.3 Å². The quantitative estimate of drug-likeness (QED) is 0.765. The van der Waals surface area contributed by atoms with E-state index in [1.165, 1.54) is 11.3 Å². The van der Waals surface area contributed by atoms with Crippen LogP contribution < -0.4 is 0 Å². The van der Waals surface area contributed by atoms with Crippen molar-refractivity contribution in [2.45, 2.75) is 19.7 Å². The van der Waals surface area contributed by atoms with Crippen molar-refractivity contribution < 1.29 is 22.7 Å². The highest BCUT2D eigenvalue weighted by atomic mass is 35.5. The van der Waals surface area contributed by atoms with Gasteiger partial charge in [-0.25, -0.2) is 4.79 Å². The van der Waals surface area contributed by atoms with Crippen molar-refractivity contribution >= 4 is 39.0 Å². The number of carbonyl (C=O) groups is 1.